The fourth-order valence-electron chi connectivity index (χ4n) is 3.44. The van der Waals surface area contributed by atoms with Crippen molar-refractivity contribution in [2.45, 2.75) is 19.9 Å². The molecule has 0 saturated heterocycles. The van der Waals surface area contributed by atoms with Gasteiger partial charge in [-0.15, -0.1) is 5.10 Å². The van der Waals surface area contributed by atoms with Crippen molar-refractivity contribution in [3.63, 3.8) is 0 Å². The molecule has 7 nitrogen and oxygen atoms in total. The van der Waals surface area contributed by atoms with Gasteiger partial charge in [-0.3, -0.25) is 4.79 Å². The highest BCUT2D eigenvalue weighted by atomic mass is 16.5. The van der Waals surface area contributed by atoms with Crippen LogP contribution in [0.15, 0.2) is 72.8 Å². The molecule has 1 heterocycles. The van der Waals surface area contributed by atoms with Crippen LogP contribution in [0.5, 0.6) is 11.5 Å². The smallest absolute Gasteiger partial charge is 0.254 e. The number of nitrogens with zero attached hydrogens (tertiary/aromatic N) is 3. The van der Waals surface area contributed by atoms with Crippen LogP contribution in [0.1, 0.15) is 21.5 Å². The first-order chi connectivity index (χ1) is 16.1. The lowest BCUT2D eigenvalue weighted by Crippen LogP contribution is -2.18. The Morgan fingerprint density at radius 2 is 1.64 bits per heavy atom. The normalized spacial score (nSPS) is 10.6. The van der Waals surface area contributed by atoms with Crippen molar-refractivity contribution < 1.29 is 14.3 Å². The minimum Gasteiger partial charge on any atom is -0.493 e. The number of aryl methyl sites for hydroxylation is 1. The van der Waals surface area contributed by atoms with Gasteiger partial charge >= 0.3 is 0 Å². The molecule has 0 spiro atoms. The standard InChI is InChI=1S/C26H26N4O3/c1-18-9-12-21(13-10-18)25-28-26(27-17-19-7-5-4-6-8-19)30(29-25)24(31)16-20-11-14-22(32-2)23(15-20)33-3/h4-15H,16-17H2,1-3H3,(H,27,28,29). The molecule has 4 aromatic rings. The zero-order chi connectivity index (χ0) is 23.2. The molecular weight excluding hydrogens is 416 g/mol. The van der Waals surface area contributed by atoms with Crippen molar-refractivity contribution in [2.75, 3.05) is 19.5 Å². The van der Waals surface area contributed by atoms with E-state index in [1.54, 1.807) is 26.4 Å². The maximum absolute atomic E-state index is 13.2. The molecule has 33 heavy (non-hydrogen) atoms. The van der Waals surface area contributed by atoms with E-state index < -0.39 is 0 Å². The van der Waals surface area contributed by atoms with E-state index in [4.69, 9.17) is 9.47 Å². The number of anilines is 1. The Hall–Kier alpha value is -4.13. The number of carbonyl (C=O) groups excluding carboxylic acids is 1. The fourth-order valence-corrected chi connectivity index (χ4v) is 3.44. The summed E-state index contributed by atoms with van der Waals surface area (Å²) in [6, 6.07) is 23.3. The third kappa shape index (κ3) is 5.20. The van der Waals surface area contributed by atoms with E-state index in [-0.39, 0.29) is 12.3 Å². The van der Waals surface area contributed by atoms with E-state index in [9.17, 15) is 4.79 Å². The maximum Gasteiger partial charge on any atom is 0.254 e. The Bertz CT molecular complexity index is 1230. The Kier molecular flexibility index (Phi) is 6.69. The molecule has 0 aliphatic rings. The van der Waals surface area contributed by atoms with Crippen molar-refractivity contribution >= 4 is 11.9 Å². The van der Waals surface area contributed by atoms with Gasteiger partial charge in [0.15, 0.2) is 17.3 Å². The van der Waals surface area contributed by atoms with Crippen LogP contribution >= 0.6 is 0 Å². The zero-order valence-electron chi connectivity index (χ0n) is 18.9. The number of hydrogen-bond acceptors (Lipinski definition) is 6. The largest absolute Gasteiger partial charge is 0.493 e. The molecule has 168 valence electrons. The van der Waals surface area contributed by atoms with E-state index in [2.05, 4.69) is 15.4 Å². The van der Waals surface area contributed by atoms with Crippen molar-refractivity contribution in [1.82, 2.24) is 14.8 Å². The molecule has 1 N–H and O–H groups in total. The summed E-state index contributed by atoms with van der Waals surface area (Å²) in [4.78, 5) is 17.9. The first-order valence-corrected chi connectivity index (χ1v) is 10.6. The van der Waals surface area contributed by atoms with Crippen LogP contribution in [0, 0.1) is 6.92 Å². The summed E-state index contributed by atoms with van der Waals surface area (Å²) in [6.07, 6.45) is 0.136. The van der Waals surface area contributed by atoms with Crippen LogP contribution in [0.3, 0.4) is 0 Å². The number of carbonyl (C=O) groups is 1. The fraction of sp³-hybridized carbons (Fsp3) is 0.192. The van der Waals surface area contributed by atoms with Gasteiger partial charge in [-0.25, -0.2) is 0 Å². The highest BCUT2D eigenvalue weighted by Gasteiger charge is 2.18. The lowest BCUT2D eigenvalue weighted by atomic mass is 10.1. The predicted octanol–water partition coefficient (Wildman–Crippen LogP) is 4.77. The lowest BCUT2D eigenvalue weighted by molar-refractivity contribution is 0.0901. The molecule has 0 amide bonds. The second-order valence-corrected chi connectivity index (χ2v) is 7.64. The molecule has 0 bridgehead atoms. The van der Waals surface area contributed by atoms with E-state index in [0.717, 1.165) is 22.3 Å². The topological polar surface area (TPSA) is 78.3 Å². The molecule has 0 radical (unpaired) electrons. The number of rotatable bonds is 8. The van der Waals surface area contributed by atoms with Gasteiger partial charge in [-0.1, -0.05) is 66.2 Å². The second-order valence-electron chi connectivity index (χ2n) is 7.64. The molecule has 0 fully saturated rings. The number of ether oxygens (including phenoxy) is 2. The Balaban J connectivity index is 1.62. The van der Waals surface area contributed by atoms with E-state index in [1.807, 2.05) is 67.6 Å². The highest BCUT2D eigenvalue weighted by Crippen LogP contribution is 2.28. The number of aromatic nitrogens is 3. The minimum absolute atomic E-state index is 0.136. The quantitative estimate of drug-likeness (QED) is 0.424. The maximum atomic E-state index is 13.2. The van der Waals surface area contributed by atoms with Gasteiger partial charge in [0.05, 0.1) is 20.6 Å². The van der Waals surface area contributed by atoms with Crippen molar-refractivity contribution in [3.8, 4) is 22.9 Å². The molecule has 4 rings (SSSR count). The van der Waals surface area contributed by atoms with E-state index in [1.165, 1.54) is 4.68 Å². The number of hydrogen-bond donors (Lipinski definition) is 1. The van der Waals surface area contributed by atoms with Crippen molar-refractivity contribution in [1.29, 1.82) is 0 Å². The predicted molar refractivity (Wildman–Crippen MR) is 128 cm³/mol. The summed E-state index contributed by atoms with van der Waals surface area (Å²) in [5.74, 6) is 1.88. The molecule has 3 aromatic carbocycles. The first kappa shape index (κ1) is 22.1. The summed E-state index contributed by atoms with van der Waals surface area (Å²) in [6.45, 7) is 2.55. The van der Waals surface area contributed by atoms with E-state index in [0.29, 0.717) is 29.8 Å². The summed E-state index contributed by atoms with van der Waals surface area (Å²) >= 11 is 0. The average molecular weight is 443 g/mol. The average Bonchev–Trinajstić information content (AvgIpc) is 3.28. The van der Waals surface area contributed by atoms with Gasteiger partial charge in [-0.2, -0.15) is 9.67 Å². The van der Waals surface area contributed by atoms with Crippen molar-refractivity contribution in [3.05, 3.63) is 89.5 Å². The molecular formula is C26H26N4O3. The Morgan fingerprint density at radius 3 is 2.33 bits per heavy atom. The number of nitrogens with one attached hydrogen (secondary N) is 1. The third-order valence-corrected chi connectivity index (χ3v) is 5.25. The van der Waals surface area contributed by atoms with E-state index >= 15 is 0 Å². The molecule has 0 saturated carbocycles. The van der Waals surface area contributed by atoms with Gasteiger partial charge in [0.25, 0.3) is 5.91 Å². The number of methoxy groups -OCH3 is 2. The van der Waals surface area contributed by atoms with Crippen LogP contribution in [-0.2, 0) is 13.0 Å². The molecule has 7 heteroatoms. The molecule has 1 aromatic heterocycles. The molecule has 0 atom stereocenters. The SMILES string of the molecule is COc1ccc(CC(=O)n2nc(-c3ccc(C)cc3)nc2NCc2ccccc2)cc1OC. The van der Waals surface area contributed by atoms with Gasteiger partial charge in [-0.05, 0) is 30.2 Å². The second kappa shape index (κ2) is 9.99. The van der Waals surface area contributed by atoms with Gasteiger partial charge in [0.1, 0.15) is 0 Å². The van der Waals surface area contributed by atoms with Gasteiger partial charge in [0, 0.05) is 12.1 Å². The molecule has 0 aliphatic heterocycles. The molecule has 0 aliphatic carbocycles. The van der Waals surface area contributed by atoms with Crippen LogP contribution in [0.25, 0.3) is 11.4 Å². The summed E-state index contributed by atoms with van der Waals surface area (Å²) in [5.41, 5.74) is 3.86. The number of benzene rings is 3. The van der Waals surface area contributed by atoms with Crippen LogP contribution in [0.2, 0.25) is 0 Å². The van der Waals surface area contributed by atoms with Crippen molar-refractivity contribution in [2.24, 2.45) is 0 Å². The van der Waals surface area contributed by atoms with Crippen LogP contribution in [-0.4, -0.2) is 34.9 Å². The first-order valence-electron chi connectivity index (χ1n) is 10.6. The summed E-state index contributed by atoms with van der Waals surface area (Å²) in [7, 11) is 3.15. The Labute approximate surface area is 193 Å². The zero-order valence-corrected chi connectivity index (χ0v) is 18.9. The lowest BCUT2D eigenvalue weighted by Gasteiger charge is -2.10. The minimum atomic E-state index is -0.205. The Morgan fingerprint density at radius 1 is 0.909 bits per heavy atom. The summed E-state index contributed by atoms with van der Waals surface area (Å²) < 4.78 is 12.0. The monoisotopic (exact) mass is 442 g/mol. The van der Waals surface area contributed by atoms with Crippen LogP contribution < -0.4 is 14.8 Å². The van der Waals surface area contributed by atoms with Gasteiger partial charge in [0.2, 0.25) is 5.95 Å². The molecule has 0 unspecified atom stereocenters. The third-order valence-electron chi connectivity index (χ3n) is 5.25. The van der Waals surface area contributed by atoms with Gasteiger partial charge < -0.3 is 14.8 Å². The highest BCUT2D eigenvalue weighted by molar-refractivity contribution is 5.83. The summed E-state index contributed by atoms with van der Waals surface area (Å²) in [5, 5.41) is 7.79. The van der Waals surface area contributed by atoms with Crippen LogP contribution in [0.4, 0.5) is 5.95 Å².